The van der Waals surface area contributed by atoms with E-state index in [4.69, 9.17) is 19.9 Å². The van der Waals surface area contributed by atoms with Gasteiger partial charge in [-0.1, -0.05) is 26.3 Å². The highest BCUT2D eigenvalue weighted by atomic mass is 16.7. The Morgan fingerprint density at radius 2 is 1.89 bits per heavy atom. The molecule has 156 valence electrons. The van der Waals surface area contributed by atoms with Gasteiger partial charge in [-0.05, 0) is 57.4 Å². The molecule has 2 saturated carbocycles. The summed E-state index contributed by atoms with van der Waals surface area (Å²) < 4.78 is 17.5. The van der Waals surface area contributed by atoms with Crippen molar-refractivity contribution in [3.63, 3.8) is 0 Å². The SMILES string of the molecule is CCOC1(OC)CCCC2(N)/C(=C(/C)C(C)C)C(CC)(C(=O)OC)CCC12. The zero-order chi connectivity index (χ0) is 20.5. The van der Waals surface area contributed by atoms with Crippen molar-refractivity contribution in [3.8, 4) is 0 Å². The van der Waals surface area contributed by atoms with E-state index in [9.17, 15) is 4.79 Å². The summed E-state index contributed by atoms with van der Waals surface area (Å²) >= 11 is 0. The van der Waals surface area contributed by atoms with Crippen LogP contribution in [0.1, 0.15) is 73.1 Å². The van der Waals surface area contributed by atoms with E-state index in [-0.39, 0.29) is 11.9 Å². The van der Waals surface area contributed by atoms with Crippen molar-refractivity contribution in [2.24, 2.45) is 23.0 Å². The first-order valence-corrected chi connectivity index (χ1v) is 10.5. The largest absolute Gasteiger partial charge is 0.468 e. The highest BCUT2D eigenvalue weighted by molar-refractivity contribution is 5.82. The topological polar surface area (TPSA) is 70.8 Å². The number of esters is 1. The second kappa shape index (κ2) is 8.22. The van der Waals surface area contributed by atoms with Gasteiger partial charge in [-0.15, -0.1) is 0 Å². The Balaban J connectivity index is 2.72. The lowest BCUT2D eigenvalue weighted by Gasteiger charge is -2.59. The standard InChI is InChI=1S/C22H39NO4/c1-8-20(19(24)25-6)14-11-17-21(23,18(20)16(5)15(3)4)12-10-13-22(17,26-7)27-9-2/h15,17H,8-14,23H2,1-7H3/b18-16-. The fraction of sp³-hybridized carbons (Fsp3) is 0.864. The van der Waals surface area contributed by atoms with Crippen molar-refractivity contribution in [1.29, 1.82) is 0 Å². The zero-order valence-corrected chi connectivity index (χ0v) is 18.3. The summed E-state index contributed by atoms with van der Waals surface area (Å²) in [5.41, 5.74) is 8.25. The summed E-state index contributed by atoms with van der Waals surface area (Å²) in [6.45, 7) is 11.1. The molecule has 4 unspecified atom stereocenters. The molecule has 0 heterocycles. The number of fused-ring (bicyclic) bond motifs is 1. The number of hydrogen-bond acceptors (Lipinski definition) is 5. The van der Waals surface area contributed by atoms with Crippen LogP contribution >= 0.6 is 0 Å². The minimum Gasteiger partial charge on any atom is -0.468 e. The van der Waals surface area contributed by atoms with Gasteiger partial charge in [-0.2, -0.15) is 0 Å². The molecule has 0 spiro atoms. The summed E-state index contributed by atoms with van der Waals surface area (Å²) in [5, 5.41) is 0. The fourth-order valence-electron chi connectivity index (χ4n) is 5.76. The normalized spacial score (nSPS) is 38.5. The maximum Gasteiger partial charge on any atom is 0.316 e. The number of allylic oxidation sites excluding steroid dienone is 1. The average Bonchev–Trinajstić information content (AvgIpc) is 2.65. The predicted molar refractivity (Wildman–Crippen MR) is 107 cm³/mol. The van der Waals surface area contributed by atoms with E-state index in [1.165, 1.54) is 12.7 Å². The Labute approximate surface area is 165 Å². The molecule has 0 amide bonds. The Morgan fingerprint density at radius 1 is 1.22 bits per heavy atom. The van der Waals surface area contributed by atoms with E-state index < -0.39 is 16.7 Å². The highest BCUT2D eigenvalue weighted by Crippen LogP contribution is 2.59. The summed E-state index contributed by atoms with van der Waals surface area (Å²) in [4.78, 5) is 13.1. The van der Waals surface area contributed by atoms with E-state index in [1.54, 1.807) is 7.11 Å². The maximum atomic E-state index is 13.1. The van der Waals surface area contributed by atoms with E-state index in [2.05, 4.69) is 27.7 Å². The quantitative estimate of drug-likeness (QED) is 0.424. The van der Waals surface area contributed by atoms with Crippen molar-refractivity contribution < 1.29 is 19.0 Å². The Morgan fingerprint density at radius 3 is 2.37 bits per heavy atom. The third kappa shape index (κ3) is 3.36. The molecule has 27 heavy (non-hydrogen) atoms. The van der Waals surface area contributed by atoms with Gasteiger partial charge >= 0.3 is 5.97 Å². The Kier molecular flexibility index (Phi) is 6.81. The molecular formula is C22H39NO4. The van der Waals surface area contributed by atoms with Gasteiger partial charge in [-0.25, -0.2) is 0 Å². The van der Waals surface area contributed by atoms with E-state index in [0.29, 0.717) is 18.9 Å². The van der Waals surface area contributed by atoms with E-state index >= 15 is 0 Å². The van der Waals surface area contributed by atoms with Crippen LogP contribution < -0.4 is 5.73 Å². The summed E-state index contributed by atoms with van der Waals surface area (Å²) in [6, 6.07) is 0. The van der Waals surface area contributed by atoms with Gasteiger partial charge in [0.1, 0.15) is 0 Å². The predicted octanol–water partition coefficient (Wildman–Crippen LogP) is 4.20. The summed E-state index contributed by atoms with van der Waals surface area (Å²) in [6.07, 6.45) is 4.80. The molecule has 0 aromatic rings. The second-order valence-electron chi connectivity index (χ2n) is 8.57. The molecule has 0 saturated heterocycles. The van der Waals surface area contributed by atoms with Crippen LogP contribution in [0.3, 0.4) is 0 Å². The number of methoxy groups -OCH3 is 2. The maximum absolute atomic E-state index is 13.1. The zero-order valence-electron chi connectivity index (χ0n) is 18.3. The molecule has 0 aromatic heterocycles. The molecule has 0 aliphatic heterocycles. The smallest absolute Gasteiger partial charge is 0.316 e. The van der Waals surface area contributed by atoms with Crippen LogP contribution in [0, 0.1) is 17.3 Å². The average molecular weight is 382 g/mol. The van der Waals surface area contributed by atoms with Crippen molar-refractivity contribution >= 4 is 5.97 Å². The third-order valence-electron chi connectivity index (χ3n) is 7.25. The van der Waals surface area contributed by atoms with Crippen LogP contribution in [0.25, 0.3) is 0 Å². The number of rotatable bonds is 6. The van der Waals surface area contributed by atoms with Gasteiger partial charge in [0.2, 0.25) is 0 Å². The summed E-state index contributed by atoms with van der Waals surface area (Å²) in [7, 11) is 3.21. The van der Waals surface area contributed by atoms with Crippen LogP contribution in [-0.4, -0.2) is 38.1 Å². The molecule has 2 rings (SSSR count). The molecule has 0 radical (unpaired) electrons. The fourth-order valence-corrected chi connectivity index (χ4v) is 5.76. The molecule has 5 nitrogen and oxygen atoms in total. The van der Waals surface area contributed by atoms with Crippen molar-refractivity contribution in [1.82, 2.24) is 0 Å². The Bertz CT molecular complexity index is 583. The number of carbonyl (C=O) groups excluding carboxylic acids is 1. The van der Waals surface area contributed by atoms with Crippen LogP contribution in [0.2, 0.25) is 0 Å². The molecule has 0 aromatic carbocycles. The Hall–Kier alpha value is -0.910. The molecule has 2 fully saturated rings. The van der Waals surface area contributed by atoms with Gasteiger partial charge in [-0.3, -0.25) is 4.79 Å². The van der Waals surface area contributed by atoms with Gasteiger partial charge in [0.05, 0.1) is 12.5 Å². The minimum atomic E-state index is -0.680. The van der Waals surface area contributed by atoms with Crippen molar-refractivity contribution in [2.75, 3.05) is 20.8 Å². The number of nitrogens with two attached hydrogens (primary N) is 1. The summed E-state index contributed by atoms with van der Waals surface area (Å²) in [5.74, 6) is -0.508. The second-order valence-corrected chi connectivity index (χ2v) is 8.57. The van der Waals surface area contributed by atoms with Gasteiger partial charge in [0.25, 0.3) is 0 Å². The van der Waals surface area contributed by atoms with Gasteiger partial charge in [0, 0.05) is 31.6 Å². The first-order chi connectivity index (χ1) is 12.7. The third-order valence-corrected chi connectivity index (χ3v) is 7.25. The van der Waals surface area contributed by atoms with Crippen LogP contribution in [0.4, 0.5) is 0 Å². The first-order valence-electron chi connectivity index (χ1n) is 10.5. The first kappa shape index (κ1) is 22.4. The van der Waals surface area contributed by atoms with E-state index in [0.717, 1.165) is 37.7 Å². The molecule has 5 heteroatoms. The molecule has 2 N–H and O–H groups in total. The molecule has 4 atom stereocenters. The number of carbonyl (C=O) groups is 1. The number of hydrogen-bond donors (Lipinski definition) is 1. The lowest BCUT2D eigenvalue weighted by atomic mass is 9.50. The number of ether oxygens (including phenoxy) is 3. The molecular weight excluding hydrogens is 342 g/mol. The lowest BCUT2D eigenvalue weighted by Crippen LogP contribution is -2.68. The van der Waals surface area contributed by atoms with Crippen LogP contribution in [0.15, 0.2) is 11.1 Å². The van der Waals surface area contributed by atoms with Crippen molar-refractivity contribution in [2.45, 2.75) is 84.5 Å². The van der Waals surface area contributed by atoms with Crippen molar-refractivity contribution in [3.05, 3.63) is 11.1 Å². The van der Waals surface area contributed by atoms with E-state index in [1.807, 2.05) is 6.92 Å². The molecule has 2 aliphatic rings. The van der Waals surface area contributed by atoms with Gasteiger partial charge < -0.3 is 19.9 Å². The molecule has 0 bridgehead atoms. The van der Waals surface area contributed by atoms with Gasteiger partial charge in [0.15, 0.2) is 5.79 Å². The highest BCUT2D eigenvalue weighted by Gasteiger charge is 2.63. The van der Waals surface area contributed by atoms with Crippen LogP contribution in [-0.2, 0) is 19.0 Å². The molecule has 2 aliphatic carbocycles. The van der Waals surface area contributed by atoms with Crippen LogP contribution in [0.5, 0.6) is 0 Å². The lowest BCUT2D eigenvalue weighted by molar-refractivity contribution is -0.282. The monoisotopic (exact) mass is 381 g/mol. The minimum absolute atomic E-state index is 0.0248.